The largest absolute Gasteiger partial charge is 0.421 e. The third-order valence-electron chi connectivity index (χ3n) is 1.82. The third-order valence-corrected chi connectivity index (χ3v) is 2.51. The van der Waals surface area contributed by atoms with Crippen molar-refractivity contribution in [1.82, 2.24) is 15.5 Å². The van der Waals surface area contributed by atoms with E-state index in [1.165, 1.54) is 0 Å². The summed E-state index contributed by atoms with van der Waals surface area (Å²) in [6, 6.07) is 1.97. The minimum Gasteiger partial charge on any atom is -0.421 e. The van der Waals surface area contributed by atoms with Gasteiger partial charge in [-0.05, 0) is 18.5 Å². The van der Waals surface area contributed by atoms with Crippen molar-refractivity contribution in [2.45, 2.75) is 6.42 Å². The molecule has 2 heterocycles. The van der Waals surface area contributed by atoms with Crippen molar-refractivity contribution in [1.29, 1.82) is 0 Å². The molecule has 0 aliphatic heterocycles. The summed E-state index contributed by atoms with van der Waals surface area (Å²) in [5.41, 5.74) is 0.998. The third kappa shape index (κ3) is 2.00. The van der Waals surface area contributed by atoms with Crippen molar-refractivity contribution in [2.24, 2.45) is 0 Å². The number of thiophene rings is 1. The molecule has 74 valence electrons. The number of nitrogens with zero attached hydrogens (tertiary/aromatic N) is 2. The van der Waals surface area contributed by atoms with E-state index in [1.54, 1.807) is 11.3 Å². The van der Waals surface area contributed by atoms with Gasteiger partial charge in [-0.3, -0.25) is 0 Å². The van der Waals surface area contributed by atoms with Crippen molar-refractivity contribution >= 4 is 11.3 Å². The lowest BCUT2D eigenvalue weighted by Crippen LogP contribution is -2.10. The zero-order valence-electron chi connectivity index (χ0n) is 7.86. The number of likely N-dealkylation sites (N-methyl/N-ethyl adjacent to an activating group) is 1. The summed E-state index contributed by atoms with van der Waals surface area (Å²) in [6.07, 6.45) is 0.771. The Balaban J connectivity index is 2.10. The van der Waals surface area contributed by atoms with E-state index in [2.05, 4.69) is 15.5 Å². The second-order valence-electron chi connectivity index (χ2n) is 2.87. The van der Waals surface area contributed by atoms with Gasteiger partial charge in [0, 0.05) is 23.9 Å². The Morgan fingerprint density at radius 1 is 1.50 bits per heavy atom. The second kappa shape index (κ2) is 4.34. The van der Waals surface area contributed by atoms with Crippen LogP contribution in [0.3, 0.4) is 0 Å². The number of rotatable bonds is 4. The van der Waals surface area contributed by atoms with E-state index in [0.29, 0.717) is 11.8 Å². The summed E-state index contributed by atoms with van der Waals surface area (Å²) >= 11 is 1.62. The van der Waals surface area contributed by atoms with E-state index in [1.807, 2.05) is 23.9 Å². The Kier molecular flexibility index (Phi) is 2.90. The van der Waals surface area contributed by atoms with Crippen LogP contribution in [0.4, 0.5) is 0 Å². The minimum atomic E-state index is 0.609. The first-order chi connectivity index (χ1) is 6.90. The first-order valence-corrected chi connectivity index (χ1v) is 5.34. The highest BCUT2D eigenvalue weighted by Gasteiger charge is 2.07. The molecule has 4 nitrogen and oxygen atoms in total. The van der Waals surface area contributed by atoms with Gasteiger partial charge in [0.05, 0.1) is 0 Å². The first kappa shape index (κ1) is 9.36. The van der Waals surface area contributed by atoms with Crippen LogP contribution in [0.1, 0.15) is 5.89 Å². The predicted octanol–water partition coefficient (Wildman–Crippen LogP) is 1.56. The summed E-state index contributed by atoms with van der Waals surface area (Å²) in [4.78, 5) is 0. The second-order valence-corrected chi connectivity index (χ2v) is 3.65. The zero-order chi connectivity index (χ0) is 9.80. The van der Waals surface area contributed by atoms with Gasteiger partial charge in [0.1, 0.15) is 0 Å². The molecule has 0 amide bonds. The molecule has 14 heavy (non-hydrogen) atoms. The van der Waals surface area contributed by atoms with Crippen molar-refractivity contribution < 1.29 is 4.42 Å². The Morgan fingerprint density at radius 3 is 3.14 bits per heavy atom. The fourth-order valence-electron chi connectivity index (χ4n) is 1.09. The molecule has 0 atom stereocenters. The molecule has 2 aromatic rings. The molecule has 0 aromatic carbocycles. The number of nitrogens with one attached hydrogen (secondary N) is 1. The summed E-state index contributed by atoms with van der Waals surface area (Å²) in [5.74, 6) is 1.29. The van der Waals surface area contributed by atoms with Gasteiger partial charge in [-0.25, -0.2) is 0 Å². The van der Waals surface area contributed by atoms with E-state index in [9.17, 15) is 0 Å². The maximum atomic E-state index is 5.47. The quantitative estimate of drug-likeness (QED) is 0.830. The smallest absolute Gasteiger partial charge is 0.248 e. The SMILES string of the molecule is CNCCc1nnc(-c2ccsc2)o1. The molecule has 2 rings (SSSR count). The molecular formula is C9H11N3OS. The highest BCUT2D eigenvalue weighted by atomic mass is 32.1. The van der Waals surface area contributed by atoms with Gasteiger partial charge in [0.2, 0.25) is 11.8 Å². The van der Waals surface area contributed by atoms with Gasteiger partial charge >= 0.3 is 0 Å². The fourth-order valence-corrected chi connectivity index (χ4v) is 1.72. The number of hydrogen-bond donors (Lipinski definition) is 1. The lowest BCUT2D eigenvalue weighted by atomic mass is 10.3. The van der Waals surface area contributed by atoms with E-state index < -0.39 is 0 Å². The topological polar surface area (TPSA) is 51.0 Å². The lowest BCUT2D eigenvalue weighted by molar-refractivity contribution is 0.500. The lowest BCUT2D eigenvalue weighted by Gasteiger charge is -1.91. The van der Waals surface area contributed by atoms with Crippen LogP contribution < -0.4 is 5.32 Å². The molecule has 0 aliphatic carbocycles. The highest BCUT2D eigenvalue weighted by molar-refractivity contribution is 7.08. The van der Waals surface area contributed by atoms with E-state index in [4.69, 9.17) is 4.42 Å². The van der Waals surface area contributed by atoms with Crippen LogP contribution >= 0.6 is 11.3 Å². The number of aromatic nitrogens is 2. The average Bonchev–Trinajstić information content (AvgIpc) is 2.85. The molecule has 0 saturated carbocycles. The molecule has 0 spiro atoms. The van der Waals surface area contributed by atoms with Crippen LogP contribution in [0, 0.1) is 0 Å². The normalized spacial score (nSPS) is 10.6. The zero-order valence-corrected chi connectivity index (χ0v) is 8.67. The Labute approximate surface area is 86.0 Å². The van der Waals surface area contributed by atoms with Crippen molar-refractivity contribution in [3.05, 3.63) is 22.7 Å². The Morgan fingerprint density at radius 2 is 2.43 bits per heavy atom. The van der Waals surface area contributed by atoms with Crippen molar-refractivity contribution in [3.8, 4) is 11.5 Å². The van der Waals surface area contributed by atoms with Crippen LogP contribution in [-0.2, 0) is 6.42 Å². The monoisotopic (exact) mass is 209 g/mol. The summed E-state index contributed by atoms with van der Waals surface area (Å²) in [5, 5.41) is 15.0. The molecule has 1 N–H and O–H groups in total. The summed E-state index contributed by atoms with van der Waals surface area (Å²) in [7, 11) is 1.90. The predicted molar refractivity (Wildman–Crippen MR) is 55.2 cm³/mol. The molecule has 0 bridgehead atoms. The van der Waals surface area contributed by atoms with Gasteiger partial charge < -0.3 is 9.73 Å². The molecule has 2 aromatic heterocycles. The van der Waals surface area contributed by atoms with Crippen LogP contribution in [0.25, 0.3) is 11.5 Å². The molecule has 0 radical (unpaired) electrons. The molecular weight excluding hydrogens is 198 g/mol. The maximum absolute atomic E-state index is 5.47. The Bertz CT molecular complexity index is 382. The van der Waals surface area contributed by atoms with Crippen LogP contribution in [0.15, 0.2) is 21.2 Å². The molecule has 0 unspecified atom stereocenters. The van der Waals surface area contributed by atoms with Gasteiger partial charge in [-0.1, -0.05) is 0 Å². The van der Waals surface area contributed by atoms with Crippen molar-refractivity contribution in [3.63, 3.8) is 0 Å². The average molecular weight is 209 g/mol. The Hall–Kier alpha value is -1.20. The standard InChI is InChI=1S/C9H11N3OS/c1-10-4-2-8-11-12-9(13-8)7-3-5-14-6-7/h3,5-6,10H,2,4H2,1H3. The number of hydrogen-bond acceptors (Lipinski definition) is 5. The van der Waals surface area contributed by atoms with E-state index in [0.717, 1.165) is 18.5 Å². The van der Waals surface area contributed by atoms with E-state index in [-0.39, 0.29) is 0 Å². The molecule has 0 aliphatic rings. The van der Waals surface area contributed by atoms with Crippen LogP contribution in [-0.4, -0.2) is 23.8 Å². The van der Waals surface area contributed by atoms with Gasteiger partial charge in [0.25, 0.3) is 0 Å². The van der Waals surface area contributed by atoms with E-state index >= 15 is 0 Å². The van der Waals surface area contributed by atoms with Crippen molar-refractivity contribution in [2.75, 3.05) is 13.6 Å². The van der Waals surface area contributed by atoms with Crippen LogP contribution in [0.2, 0.25) is 0 Å². The summed E-state index contributed by atoms with van der Waals surface area (Å²) in [6.45, 7) is 0.852. The van der Waals surface area contributed by atoms with Gasteiger partial charge in [0.15, 0.2) is 0 Å². The van der Waals surface area contributed by atoms with Gasteiger partial charge in [-0.2, -0.15) is 11.3 Å². The first-order valence-electron chi connectivity index (χ1n) is 4.39. The van der Waals surface area contributed by atoms with Gasteiger partial charge in [-0.15, -0.1) is 10.2 Å². The highest BCUT2D eigenvalue weighted by Crippen LogP contribution is 2.20. The summed E-state index contributed by atoms with van der Waals surface area (Å²) < 4.78 is 5.47. The maximum Gasteiger partial charge on any atom is 0.248 e. The minimum absolute atomic E-state index is 0.609. The molecule has 0 saturated heterocycles. The molecule has 0 fully saturated rings. The fraction of sp³-hybridized carbons (Fsp3) is 0.333. The van der Waals surface area contributed by atoms with Crippen LogP contribution in [0.5, 0.6) is 0 Å². The molecule has 5 heteroatoms.